The Morgan fingerprint density at radius 2 is 1.57 bits per heavy atom. The van der Waals surface area contributed by atoms with Crippen LogP contribution < -0.4 is 0 Å². The fourth-order valence-electron chi connectivity index (χ4n) is 6.63. The summed E-state index contributed by atoms with van der Waals surface area (Å²) in [6.07, 6.45) is 8.82. The first kappa shape index (κ1) is 21.8. The van der Waals surface area contributed by atoms with Crippen molar-refractivity contribution in [2.24, 2.45) is 23.2 Å². The molecule has 0 N–H and O–H groups in total. The molecule has 5 nitrogen and oxygen atoms in total. The molecule has 4 fully saturated rings. The van der Waals surface area contributed by atoms with E-state index < -0.39 is 15.8 Å². The summed E-state index contributed by atoms with van der Waals surface area (Å²) in [5, 5.41) is 0. The van der Waals surface area contributed by atoms with Gasteiger partial charge in [-0.2, -0.15) is 0 Å². The molecule has 4 aliphatic rings. The lowest BCUT2D eigenvalue weighted by Crippen LogP contribution is -2.51. The largest absolute Gasteiger partial charge is 0.345 e. The summed E-state index contributed by atoms with van der Waals surface area (Å²) in [7, 11) is -0.263. The van der Waals surface area contributed by atoms with Crippen LogP contribution in [0.4, 0.5) is 4.39 Å². The fourth-order valence-corrected chi connectivity index (χ4v) is 7.83. The molecule has 30 heavy (non-hydrogen) atoms. The number of benzene rings is 1. The summed E-state index contributed by atoms with van der Waals surface area (Å²) in [4.78, 5) is 14.7. The first-order valence-corrected chi connectivity index (χ1v) is 12.6. The Labute approximate surface area is 179 Å². The standard InChI is InChI=1S/C23H33FN2O3S/c1-25(16-23-13-17-10-18(14-23)12-19(11-17)15-23)22(27)4-3-9-26(2)30(28,29)21-7-5-20(24)6-8-21/h5-8,17-19H,3-4,9-16H2,1-2H3. The van der Waals surface area contributed by atoms with E-state index in [4.69, 9.17) is 0 Å². The van der Waals surface area contributed by atoms with Gasteiger partial charge in [0, 0.05) is 33.6 Å². The van der Waals surface area contributed by atoms with E-state index in [0.717, 1.165) is 36.4 Å². The van der Waals surface area contributed by atoms with Crippen LogP contribution >= 0.6 is 0 Å². The van der Waals surface area contributed by atoms with Gasteiger partial charge in [0.2, 0.25) is 15.9 Å². The molecule has 7 heteroatoms. The topological polar surface area (TPSA) is 57.7 Å². The van der Waals surface area contributed by atoms with Gasteiger partial charge in [-0.15, -0.1) is 0 Å². The summed E-state index contributed by atoms with van der Waals surface area (Å²) in [6, 6.07) is 4.82. The van der Waals surface area contributed by atoms with Gasteiger partial charge < -0.3 is 4.90 Å². The summed E-state index contributed by atoms with van der Waals surface area (Å²) < 4.78 is 39.5. The van der Waals surface area contributed by atoms with Crippen molar-refractivity contribution >= 4 is 15.9 Å². The molecule has 4 bridgehead atoms. The molecular formula is C23H33FN2O3S. The highest BCUT2D eigenvalue weighted by Gasteiger charge is 2.51. The van der Waals surface area contributed by atoms with Crippen molar-refractivity contribution in [3.05, 3.63) is 30.1 Å². The first-order valence-electron chi connectivity index (χ1n) is 11.1. The molecule has 0 aliphatic heterocycles. The van der Waals surface area contributed by atoms with Gasteiger partial charge in [-0.1, -0.05) is 0 Å². The minimum absolute atomic E-state index is 0.0664. The molecule has 0 atom stereocenters. The van der Waals surface area contributed by atoms with E-state index in [1.54, 1.807) is 0 Å². The van der Waals surface area contributed by atoms with Crippen LogP contribution in [-0.4, -0.2) is 50.7 Å². The van der Waals surface area contributed by atoms with E-state index in [9.17, 15) is 17.6 Å². The Hall–Kier alpha value is -1.47. The third-order valence-electron chi connectivity index (χ3n) is 7.55. The monoisotopic (exact) mass is 436 g/mol. The molecular weight excluding hydrogens is 403 g/mol. The second kappa shape index (κ2) is 8.23. The van der Waals surface area contributed by atoms with Gasteiger partial charge in [0.05, 0.1) is 4.90 Å². The number of hydrogen-bond acceptors (Lipinski definition) is 3. The van der Waals surface area contributed by atoms with Gasteiger partial charge in [0.25, 0.3) is 0 Å². The number of sulfonamides is 1. The zero-order chi connectivity index (χ0) is 21.5. The molecule has 0 aromatic heterocycles. The number of carbonyl (C=O) groups excluding carboxylic acids is 1. The zero-order valence-electron chi connectivity index (χ0n) is 18.0. The van der Waals surface area contributed by atoms with Crippen LogP contribution in [0.1, 0.15) is 51.4 Å². The first-order chi connectivity index (χ1) is 14.2. The molecule has 1 aromatic rings. The van der Waals surface area contributed by atoms with Crippen LogP contribution in [0.3, 0.4) is 0 Å². The van der Waals surface area contributed by atoms with Crippen LogP contribution in [0.5, 0.6) is 0 Å². The summed E-state index contributed by atoms with van der Waals surface area (Å²) in [5.74, 6) is 2.22. The molecule has 1 amide bonds. The smallest absolute Gasteiger partial charge is 0.242 e. The predicted molar refractivity (Wildman–Crippen MR) is 114 cm³/mol. The number of nitrogens with zero attached hydrogens (tertiary/aromatic N) is 2. The second-order valence-electron chi connectivity index (χ2n) is 10.1. The minimum Gasteiger partial charge on any atom is -0.345 e. The Morgan fingerprint density at radius 3 is 2.10 bits per heavy atom. The van der Waals surface area contributed by atoms with Crippen LogP contribution in [0, 0.1) is 29.0 Å². The van der Waals surface area contributed by atoms with Crippen molar-refractivity contribution in [2.75, 3.05) is 27.2 Å². The van der Waals surface area contributed by atoms with Crippen molar-refractivity contribution in [1.82, 2.24) is 9.21 Å². The molecule has 0 saturated heterocycles. The Kier molecular flexibility index (Phi) is 5.96. The highest BCUT2D eigenvalue weighted by molar-refractivity contribution is 7.89. The highest BCUT2D eigenvalue weighted by Crippen LogP contribution is 2.60. The number of hydrogen-bond donors (Lipinski definition) is 0. The molecule has 1 aromatic carbocycles. The van der Waals surface area contributed by atoms with Gasteiger partial charge in [-0.3, -0.25) is 4.79 Å². The maximum Gasteiger partial charge on any atom is 0.242 e. The van der Waals surface area contributed by atoms with E-state index in [1.165, 1.54) is 62.0 Å². The molecule has 0 radical (unpaired) electrons. The lowest BCUT2D eigenvalue weighted by atomic mass is 9.49. The minimum atomic E-state index is -3.67. The summed E-state index contributed by atoms with van der Waals surface area (Å²) in [6.45, 7) is 1.11. The van der Waals surface area contributed by atoms with Gasteiger partial charge in [0.1, 0.15) is 5.82 Å². The van der Waals surface area contributed by atoms with E-state index in [-0.39, 0.29) is 17.3 Å². The van der Waals surface area contributed by atoms with Crippen LogP contribution in [-0.2, 0) is 14.8 Å². The third kappa shape index (κ3) is 4.42. The Bertz CT molecular complexity index is 849. The summed E-state index contributed by atoms with van der Waals surface area (Å²) in [5.41, 5.74) is 0.321. The number of carbonyl (C=O) groups is 1. The Morgan fingerprint density at radius 1 is 1.03 bits per heavy atom. The molecule has 4 saturated carbocycles. The Balaban J connectivity index is 1.27. The molecule has 0 heterocycles. The molecule has 5 rings (SSSR count). The highest BCUT2D eigenvalue weighted by atomic mass is 32.2. The van der Waals surface area contributed by atoms with E-state index in [1.807, 2.05) is 11.9 Å². The number of halogens is 1. The van der Waals surface area contributed by atoms with Crippen molar-refractivity contribution in [2.45, 2.75) is 56.3 Å². The van der Waals surface area contributed by atoms with Crippen LogP contribution in [0.2, 0.25) is 0 Å². The molecule has 0 spiro atoms. The van der Waals surface area contributed by atoms with Gasteiger partial charge in [-0.05, 0) is 92.4 Å². The van der Waals surface area contributed by atoms with Crippen molar-refractivity contribution in [3.63, 3.8) is 0 Å². The van der Waals surface area contributed by atoms with E-state index in [2.05, 4.69) is 0 Å². The van der Waals surface area contributed by atoms with Crippen molar-refractivity contribution in [3.8, 4) is 0 Å². The second-order valence-corrected chi connectivity index (χ2v) is 12.1. The molecule has 166 valence electrons. The van der Waals surface area contributed by atoms with Gasteiger partial charge in [0.15, 0.2) is 0 Å². The predicted octanol–water partition coefficient (Wildman–Crippen LogP) is 3.90. The van der Waals surface area contributed by atoms with Gasteiger partial charge >= 0.3 is 0 Å². The van der Waals surface area contributed by atoms with Crippen LogP contribution in [0.15, 0.2) is 29.2 Å². The summed E-state index contributed by atoms with van der Waals surface area (Å²) >= 11 is 0. The normalized spacial score (nSPS) is 30.1. The van der Waals surface area contributed by atoms with Crippen LogP contribution in [0.25, 0.3) is 0 Å². The quantitative estimate of drug-likeness (QED) is 0.621. The maximum atomic E-state index is 13.1. The van der Waals surface area contributed by atoms with Crippen molar-refractivity contribution < 1.29 is 17.6 Å². The van der Waals surface area contributed by atoms with E-state index >= 15 is 0 Å². The van der Waals surface area contributed by atoms with Gasteiger partial charge in [-0.25, -0.2) is 17.1 Å². The van der Waals surface area contributed by atoms with Crippen molar-refractivity contribution in [1.29, 1.82) is 0 Å². The fraction of sp³-hybridized carbons (Fsp3) is 0.696. The molecule has 0 unspecified atom stereocenters. The van der Waals surface area contributed by atoms with E-state index in [0.29, 0.717) is 18.3 Å². The average Bonchev–Trinajstić information content (AvgIpc) is 2.66. The number of rotatable bonds is 8. The third-order valence-corrected chi connectivity index (χ3v) is 9.42. The average molecular weight is 437 g/mol. The zero-order valence-corrected chi connectivity index (χ0v) is 18.8. The maximum absolute atomic E-state index is 13.1. The SMILES string of the molecule is CN(CC12CC3CC(CC(C3)C1)C2)C(=O)CCCN(C)S(=O)(=O)c1ccc(F)cc1. The lowest BCUT2D eigenvalue weighted by Gasteiger charge is -2.57. The number of amides is 1. The molecule has 4 aliphatic carbocycles. The lowest BCUT2D eigenvalue weighted by molar-refractivity contribution is -0.135.